The molecule has 0 aromatic heterocycles. The van der Waals surface area contributed by atoms with Gasteiger partial charge in [-0.25, -0.2) is 0 Å². The Bertz CT molecular complexity index is 4700. The lowest BCUT2D eigenvalue weighted by molar-refractivity contribution is 0.482. The molecule has 0 aliphatic rings. The third kappa shape index (κ3) is 13.4. The van der Waals surface area contributed by atoms with Crippen molar-refractivity contribution in [1.29, 1.82) is 0 Å². The van der Waals surface area contributed by atoms with Crippen LogP contribution in [0.1, 0.15) is 2.74 Å². The Morgan fingerprint density at radius 3 is 0.568 bits per heavy atom. The molecule has 0 spiro atoms. The van der Waals surface area contributed by atoms with Gasteiger partial charge in [0.2, 0.25) is 0 Å². The fraction of sp³-hybridized carbons (Fsp3) is 0. The topological polar surface area (TPSA) is 28.2 Å². The summed E-state index contributed by atoms with van der Waals surface area (Å²) in [6.45, 7) is 0. The third-order valence-corrected chi connectivity index (χ3v) is 17.0. The van der Waals surface area contributed by atoms with Crippen LogP contribution in [0, 0.1) is 0 Å². The highest BCUT2D eigenvalue weighted by atomic mass is 16.5. The van der Waals surface area contributed by atoms with Crippen molar-refractivity contribution < 1.29 is 12.2 Å². The van der Waals surface area contributed by atoms with Gasteiger partial charge in [-0.05, 0) is 261 Å². The Hall–Kier alpha value is -12.7. The van der Waals surface area contributed by atoms with Crippen molar-refractivity contribution in [2.45, 2.75) is 0 Å². The van der Waals surface area contributed by atoms with Crippen LogP contribution >= 0.6 is 0 Å². The summed E-state index contributed by atoms with van der Waals surface area (Å²) in [5.41, 5.74) is 22.3. The van der Waals surface area contributed by atoms with Crippen molar-refractivity contribution in [1.82, 2.24) is 0 Å². The van der Waals surface area contributed by atoms with Gasteiger partial charge >= 0.3 is 0 Å². The van der Waals surface area contributed by atoms with E-state index in [0.717, 1.165) is 95.7 Å². The van der Waals surface area contributed by atoms with Crippen molar-refractivity contribution in [2.75, 3.05) is 14.7 Å². The number of rotatable bonds is 19. The monoisotopic (exact) mass is 1220 g/mol. The molecule has 15 aromatic rings. The molecule has 15 rings (SSSR count). The lowest BCUT2D eigenvalue weighted by Crippen LogP contribution is -2.10. The van der Waals surface area contributed by atoms with Gasteiger partial charge in [0.1, 0.15) is 23.0 Å². The highest BCUT2D eigenvalue weighted by Crippen LogP contribution is 2.43. The van der Waals surface area contributed by atoms with Crippen LogP contribution in [0.15, 0.2) is 394 Å². The smallest absolute Gasteiger partial charge is 0.127 e. The lowest BCUT2D eigenvalue weighted by atomic mass is 9.93. The van der Waals surface area contributed by atoms with Crippen LogP contribution in [0.2, 0.25) is 0 Å². The zero-order chi connectivity index (χ0) is 65.3. The van der Waals surface area contributed by atoms with Gasteiger partial charge in [-0.1, -0.05) is 200 Å². The number of para-hydroxylation sites is 3. The Balaban J connectivity index is 0.642. The van der Waals surface area contributed by atoms with Gasteiger partial charge < -0.3 is 24.2 Å². The molecule has 0 N–H and O–H groups in total. The maximum Gasteiger partial charge on any atom is 0.127 e. The molecule has 5 nitrogen and oxygen atoms in total. The SMILES string of the molecule is [3H]c1cccc(N(c2ccc(Oc3ccc(N(c4ccccc4)c4ccc(Oc5ccc(N(c6ccc(-c7cc(-c8ccccc8)cc(-c8ccccc8)c7)cc6)c6cccc([3H])c6)cc5)cc4)cc3)cc2)c2ccc(-c3cc(-c4ccccc4)cc(-c4ccccc4)c3)cc2)c1. The summed E-state index contributed by atoms with van der Waals surface area (Å²) in [6.07, 6.45) is 0. The molecule has 0 aliphatic carbocycles. The Kier molecular flexibility index (Phi) is 16.2. The van der Waals surface area contributed by atoms with Crippen molar-refractivity contribution in [3.63, 3.8) is 0 Å². The van der Waals surface area contributed by atoms with Gasteiger partial charge in [-0.2, -0.15) is 0 Å². The maximum absolute atomic E-state index is 8.58. The lowest BCUT2D eigenvalue weighted by Gasteiger charge is -2.26. The molecule has 0 heterocycles. The van der Waals surface area contributed by atoms with E-state index < -0.39 is 0 Å². The summed E-state index contributed by atoms with van der Waals surface area (Å²) >= 11 is 0. The van der Waals surface area contributed by atoms with Gasteiger partial charge in [0.15, 0.2) is 0 Å². The van der Waals surface area contributed by atoms with Crippen molar-refractivity contribution in [2.24, 2.45) is 0 Å². The predicted octanol–water partition coefficient (Wildman–Crippen LogP) is 25.7. The second-order valence-corrected chi connectivity index (χ2v) is 23.2. The molecule has 95 heavy (non-hydrogen) atoms. The van der Waals surface area contributed by atoms with Gasteiger partial charge in [-0.3, -0.25) is 0 Å². The molecule has 0 saturated heterocycles. The zero-order valence-corrected chi connectivity index (χ0v) is 52.0. The first-order valence-corrected chi connectivity index (χ1v) is 31.9. The van der Waals surface area contributed by atoms with Gasteiger partial charge in [-0.15, -0.1) is 0 Å². The Labute approximate surface area is 559 Å². The molecule has 0 amide bonds. The zero-order valence-electron chi connectivity index (χ0n) is 54.0. The summed E-state index contributed by atoms with van der Waals surface area (Å²) in [5.74, 6) is 2.79. The molecular weight excluding hydrogens is 1160 g/mol. The van der Waals surface area contributed by atoms with E-state index in [2.05, 4.69) is 282 Å². The van der Waals surface area contributed by atoms with Crippen LogP contribution in [0.4, 0.5) is 51.2 Å². The molecule has 5 heteroatoms. The number of hydrogen-bond acceptors (Lipinski definition) is 5. The first-order chi connectivity index (χ1) is 47.8. The van der Waals surface area contributed by atoms with E-state index in [9.17, 15) is 0 Å². The Morgan fingerprint density at radius 2 is 0.337 bits per heavy atom. The minimum Gasteiger partial charge on any atom is -0.457 e. The number of hydrogen-bond donors (Lipinski definition) is 0. The molecule has 452 valence electrons. The van der Waals surface area contributed by atoms with Crippen LogP contribution in [0.3, 0.4) is 0 Å². The maximum atomic E-state index is 8.58. The number of benzene rings is 15. The standard InChI is InChI=1S/C90H65N3O2/c1-8-22-66(23-9-1)72-60-73(67-24-10-2-11-25-67)63-76(62-72)70-36-40-81(41-37-70)91(78-30-16-5-17-31-78)83-44-52-87(53-45-83)94-89-56-48-85(49-57-89)93(80-34-20-7-21-35-80)86-50-58-90(59-51-86)95-88-54-46-84(47-55-88)92(79-32-18-6-19-33-79)82-42-38-71(39-43-82)77-64-74(68-26-12-3-13-27-68)61-75(65-77)69-28-14-4-15-29-69/h1-65H/i16T,18T. The van der Waals surface area contributed by atoms with Crippen molar-refractivity contribution in [3.8, 4) is 89.8 Å². The third-order valence-electron chi connectivity index (χ3n) is 17.0. The first-order valence-electron chi connectivity index (χ1n) is 32.9. The van der Waals surface area contributed by atoms with Gasteiger partial charge in [0.05, 0.1) is 2.74 Å². The van der Waals surface area contributed by atoms with E-state index in [4.69, 9.17) is 12.2 Å². The fourth-order valence-corrected chi connectivity index (χ4v) is 12.3. The minimum absolute atomic E-state index is 0.431. The van der Waals surface area contributed by atoms with E-state index in [0.29, 0.717) is 35.1 Å². The Morgan fingerprint density at radius 1 is 0.158 bits per heavy atom. The molecule has 0 aliphatic heterocycles. The second-order valence-electron chi connectivity index (χ2n) is 23.2. The molecular formula is C90H65N3O2. The highest BCUT2D eigenvalue weighted by Gasteiger charge is 2.19. The summed E-state index contributed by atoms with van der Waals surface area (Å²) in [7, 11) is 0. The van der Waals surface area contributed by atoms with E-state index in [1.807, 2.05) is 103 Å². The van der Waals surface area contributed by atoms with Gasteiger partial charge in [0.25, 0.3) is 0 Å². The van der Waals surface area contributed by atoms with Crippen LogP contribution < -0.4 is 24.2 Å². The minimum atomic E-state index is 0.431. The fourth-order valence-electron chi connectivity index (χ4n) is 12.3. The highest BCUT2D eigenvalue weighted by molar-refractivity contribution is 5.86. The molecule has 0 saturated carbocycles. The molecule has 0 atom stereocenters. The molecule has 0 fully saturated rings. The predicted molar refractivity (Wildman–Crippen MR) is 396 cm³/mol. The molecule has 0 unspecified atom stereocenters. The summed E-state index contributed by atoms with van der Waals surface area (Å²) in [6, 6.07) is 132. The largest absolute Gasteiger partial charge is 0.457 e. The van der Waals surface area contributed by atoms with Crippen molar-refractivity contribution >= 4 is 51.2 Å². The number of anilines is 9. The van der Waals surface area contributed by atoms with Crippen LogP contribution in [0.5, 0.6) is 23.0 Å². The normalized spacial score (nSPS) is 11.2. The molecule has 15 aromatic carbocycles. The van der Waals surface area contributed by atoms with E-state index >= 15 is 0 Å². The first kappa shape index (κ1) is 56.3. The number of ether oxygens (including phenoxy) is 2. The summed E-state index contributed by atoms with van der Waals surface area (Å²) < 4.78 is 30.2. The van der Waals surface area contributed by atoms with E-state index in [1.165, 1.54) is 22.3 Å². The van der Waals surface area contributed by atoms with Crippen LogP contribution in [0.25, 0.3) is 66.8 Å². The quantitative estimate of drug-likeness (QED) is 0.0805. The average molecular weight is 1220 g/mol. The molecule has 0 bridgehead atoms. The van der Waals surface area contributed by atoms with E-state index in [1.54, 1.807) is 12.1 Å². The van der Waals surface area contributed by atoms with Crippen molar-refractivity contribution in [3.05, 3.63) is 394 Å². The van der Waals surface area contributed by atoms with Crippen LogP contribution in [-0.4, -0.2) is 0 Å². The molecule has 0 radical (unpaired) electrons. The summed E-state index contributed by atoms with van der Waals surface area (Å²) in [4.78, 5) is 6.56. The average Bonchev–Trinajstić information content (AvgIpc) is 0.869. The van der Waals surface area contributed by atoms with Gasteiger partial charge in [0, 0.05) is 51.2 Å². The van der Waals surface area contributed by atoms with E-state index in [-0.39, 0.29) is 0 Å². The summed E-state index contributed by atoms with van der Waals surface area (Å²) in [5, 5.41) is 0. The second kappa shape index (κ2) is 27.4. The van der Waals surface area contributed by atoms with Crippen LogP contribution in [-0.2, 0) is 0 Å². The number of nitrogens with zero attached hydrogens (tertiary/aromatic N) is 3.